The number of methoxy groups -OCH3 is 1. The van der Waals surface area contributed by atoms with Gasteiger partial charge in [-0.1, -0.05) is 53.4 Å². The van der Waals surface area contributed by atoms with Crippen LogP contribution >= 0.6 is 23.1 Å². The summed E-state index contributed by atoms with van der Waals surface area (Å²) in [6.07, 6.45) is 0.883. The number of nitrogens with one attached hydrogen (secondary N) is 1. The van der Waals surface area contributed by atoms with Gasteiger partial charge < -0.3 is 15.8 Å². The third-order valence-electron chi connectivity index (χ3n) is 4.75. The second-order valence-corrected chi connectivity index (χ2v) is 8.91. The van der Waals surface area contributed by atoms with Gasteiger partial charge in [-0.3, -0.25) is 9.36 Å². The number of fused-ring (bicyclic) bond motifs is 1. The highest BCUT2D eigenvalue weighted by atomic mass is 32.2. The molecule has 31 heavy (non-hydrogen) atoms. The molecule has 0 aliphatic carbocycles. The summed E-state index contributed by atoms with van der Waals surface area (Å²) in [5.41, 5.74) is 8.06. The maximum Gasteiger partial charge on any atom is 0.249 e. The van der Waals surface area contributed by atoms with Crippen molar-refractivity contribution in [2.45, 2.75) is 24.5 Å². The lowest BCUT2D eigenvalue weighted by molar-refractivity contribution is -0.118. The van der Waals surface area contributed by atoms with E-state index in [4.69, 9.17) is 10.5 Å². The van der Waals surface area contributed by atoms with E-state index >= 15 is 0 Å². The molecule has 1 unspecified atom stereocenters. The minimum atomic E-state index is -0.587. The Balaban J connectivity index is 1.44. The van der Waals surface area contributed by atoms with Crippen molar-refractivity contribution in [3.63, 3.8) is 0 Å². The minimum Gasteiger partial charge on any atom is -0.497 e. The molecule has 2 aromatic heterocycles. The Morgan fingerprint density at radius 2 is 2.06 bits per heavy atom. The predicted molar refractivity (Wildman–Crippen MR) is 125 cm³/mol. The first-order chi connectivity index (χ1) is 15.0. The van der Waals surface area contributed by atoms with Gasteiger partial charge in [-0.05, 0) is 37.1 Å². The summed E-state index contributed by atoms with van der Waals surface area (Å²) < 4.78 is 7.83. The molecule has 0 aliphatic heterocycles. The van der Waals surface area contributed by atoms with Crippen LogP contribution in [0.2, 0.25) is 0 Å². The minimum absolute atomic E-state index is 0.207. The van der Waals surface area contributed by atoms with Crippen LogP contribution in [0.1, 0.15) is 18.5 Å². The maximum absolute atomic E-state index is 12.9. The van der Waals surface area contributed by atoms with Crippen molar-refractivity contribution in [3.05, 3.63) is 54.1 Å². The number of hydrogen-bond acceptors (Lipinski definition) is 8. The molecule has 0 radical (unpaired) electrons. The maximum atomic E-state index is 12.9. The van der Waals surface area contributed by atoms with E-state index in [1.165, 1.54) is 28.7 Å². The van der Waals surface area contributed by atoms with Crippen LogP contribution in [0.4, 0.5) is 11.1 Å². The molecule has 2 heterocycles. The van der Waals surface area contributed by atoms with E-state index in [0.29, 0.717) is 10.3 Å². The number of aryl methyl sites for hydroxylation is 1. The molecule has 0 saturated heterocycles. The van der Waals surface area contributed by atoms with Crippen molar-refractivity contribution in [3.8, 4) is 5.75 Å². The molecule has 0 spiro atoms. The molecule has 0 bridgehead atoms. The summed E-state index contributed by atoms with van der Waals surface area (Å²) in [4.78, 5) is 17.4. The molecule has 0 aliphatic rings. The quantitative estimate of drug-likeness (QED) is 0.387. The summed E-state index contributed by atoms with van der Waals surface area (Å²) in [5, 5.41) is 12.1. The number of carbonyl (C=O) groups is 1. The molecular formula is C21H22N6O2S2. The Bertz CT molecular complexity index is 1190. The molecule has 8 nitrogen and oxygen atoms in total. The SMILES string of the molecule is COc1ccc2nc(NC(=O)C(C)n3c(N)nnc3SCCc3ccccc3)sc2c1. The van der Waals surface area contributed by atoms with Crippen LogP contribution in [0.15, 0.2) is 53.7 Å². The second-order valence-electron chi connectivity index (χ2n) is 6.81. The molecule has 1 atom stereocenters. The fourth-order valence-electron chi connectivity index (χ4n) is 3.07. The summed E-state index contributed by atoms with van der Waals surface area (Å²) in [7, 11) is 1.62. The topological polar surface area (TPSA) is 108 Å². The fraction of sp³-hybridized carbons (Fsp3) is 0.238. The highest BCUT2D eigenvalue weighted by Crippen LogP contribution is 2.30. The van der Waals surface area contributed by atoms with Crippen LogP contribution in [0, 0.1) is 0 Å². The first kappa shape index (κ1) is 21.1. The largest absolute Gasteiger partial charge is 0.497 e. The monoisotopic (exact) mass is 454 g/mol. The third-order valence-corrected chi connectivity index (χ3v) is 6.63. The van der Waals surface area contributed by atoms with Gasteiger partial charge in [0.15, 0.2) is 10.3 Å². The lowest BCUT2D eigenvalue weighted by Crippen LogP contribution is -2.25. The Morgan fingerprint density at radius 1 is 1.26 bits per heavy atom. The average molecular weight is 455 g/mol. The Kier molecular flexibility index (Phi) is 6.38. The number of anilines is 2. The summed E-state index contributed by atoms with van der Waals surface area (Å²) >= 11 is 2.91. The summed E-state index contributed by atoms with van der Waals surface area (Å²) in [6, 6.07) is 15.2. The van der Waals surface area contributed by atoms with E-state index in [1.54, 1.807) is 18.6 Å². The molecule has 4 aromatic rings. The normalized spacial score (nSPS) is 12.1. The fourth-order valence-corrected chi connectivity index (χ4v) is 4.98. The number of nitrogens with two attached hydrogens (primary N) is 1. The number of hydrogen-bond donors (Lipinski definition) is 2. The van der Waals surface area contributed by atoms with E-state index in [0.717, 1.165) is 28.1 Å². The molecular weight excluding hydrogens is 432 g/mol. The van der Waals surface area contributed by atoms with Crippen molar-refractivity contribution in [1.82, 2.24) is 19.7 Å². The zero-order valence-electron chi connectivity index (χ0n) is 17.1. The first-order valence-electron chi connectivity index (χ1n) is 9.67. The van der Waals surface area contributed by atoms with Gasteiger partial charge in [0.1, 0.15) is 11.8 Å². The lowest BCUT2D eigenvalue weighted by atomic mass is 10.2. The Hall–Kier alpha value is -3.11. The van der Waals surface area contributed by atoms with E-state index in [-0.39, 0.29) is 11.9 Å². The molecule has 3 N–H and O–H groups in total. The Labute approximate surface area is 187 Å². The summed E-state index contributed by atoms with van der Waals surface area (Å²) in [6.45, 7) is 1.77. The molecule has 0 fully saturated rings. The smallest absolute Gasteiger partial charge is 0.249 e. The Morgan fingerprint density at radius 3 is 2.84 bits per heavy atom. The highest BCUT2D eigenvalue weighted by molar-refractivity contribution is 7.99. The number of thioether (sulfide) groups is 1. The summed E-state index contributed by atoms with van der Waals surface area (Å²) in [5.74, 6) is 1.52. The van der Waals surface area contributed by atoms with Gasteiger partial charge in [0.25, 0.3) is 0 Å². The van der Waals surface area contributed by atoms with Gasteiger partial charge in [0, 0.05) is 5.75 Å². The average Bonchev–Trinajstić information content (AvgIpc) is 3.35. The van der Waals surface area contributed by atoms with E-state index in [9.17, 15) is 4.79 Å². The van der Waals surface area contributed by atoms with Crippen LogP contribution in [0.5, 0.6) is 5.75 Å². The van der Waals surface area contributed by atoms with Crippen molar-refractivity contribution >= 4 is 50.3 Å². The van der Waals surface area contributed by atoms with Crippen molar-refractivity contribution < 1.29 is 9.53 Å². The number of benzene rings is 2. The zero-order valence-corrected chi connectivity index (χ0v) is 18.7. The number of aromatic nitrogens is 4. The number of carbonyl (C=O) groups excluding carboxylic acids is 1. The van der Waals surface area contributed by atoms with E-state index in [1.807, 2.05) is 36.4 Å². The van der Waals surface area contributed by atoms with E-state index < -0.39 is 6.04 Å². The van der Waals surface area contributed by atoms with Crippen LogP contribution in [-0.2, 0) is 11.2 Å². The van der Waals surface area contributed by atoms with Gasteiger partial charge in [-0.25, -0.2) is 4.98 Å². The molecule has 0 saturated carbocycles. The number of rotatable bonds is 8. The third kappa shape index (κ3) is 4.80. The van der Waals surface area contributed by atoms with Crippen molar-refractivity contribution in [2.75, 3.05) is 23.9 Å². The number of amides is 1. The zero-order chi connectivity index (χ0) is 21.8. The number of thiazole rings is 1. The van der Waals surface area contributed by atoms with Crippen molar-refractivity contribution in [1.29, 1.82) is 0 Å². The molecule has 2 aromatic carbocycles. The predicted octanol–water partition coefficient (Wildman–Crippen LogP) is 4.01. The van der Waals surface area contributed by atoms with Gasteiger partial charge in [0.2, 0.25) is 11.9 Å². The lowest BCUT2D eigenvalue weighted by Gasteiger charge is -2.15. The van der Waals surface area contributed by atoms with Gasteiger partial charge >= 0.3 is 0 Å². The standard InChI is InChI=1S/C21H22N6O2S2/c1-13(18(28)24-20-23-16-9-8-15(29-2)12-17(16)31-20)27-19(22)25-26-21(27)30-11-10-14-6-4-3-5-7-14/h3-9,12-13H,10-11H2,1-2H3,(H2,22,25)(H,23,24,28). The van der Waals surface area contributed by atoms with Crippen LogP contribution in [0.25, 0.3) is 10.2 Å². The van der Waals surface area contributed by atoms with Gasteiger partial charge in [0.05, 0.1) is 17.3 Å². The van der Waals surface area contributed by atoms with Crippen LogP contribution in [0.3, 0.4) is 0 Å². The second kappa shape index (κ2) is 9.36. The van der Waals surface area contributed by atoms with Crippen molar-refractivity contribution in [2.24, 2.45) is 0 Å². The molecule has 4 rings (SSSR count). The van der Waals surface area contributed by atoms with E-state index in [2.05, 4.69) is 32.6 Å². The molecule has 160 valence electrons. The molecule has 1 amide bonds. The first-order valence-corrected chi connectivity index (χ1v) is 11.5. The van der Waals surface area contributed by atoms with Crippen LogP contribution < -0.4 is 15.8 Å². The highest BCUT2D eigenvalue weighted by Gasteiger charge is 2.23. The number of nitrogen functional groups attached to an aromatic ring is 1. The molecule has 10 heteroatoms. The van der Waals surface area contributed by atoms with Crippen LogP contribution in [-0.4, -0.2) is 38.5 Å². The number of nitrogens with zero attached hydrogens (tertiary/aromatic N) is 4. The van der Waals surface area contributed by atoms with Gasteiger partial charge in [-0.15, -0.1) is 10.2 Å². The number of ether oxygens (including phenoxy) is 1. The van der Waals surface area contributed by atoms with Gasteiger partial charge in [-0.2, -0.15) is 0 Å².